The SMILES string of the molecule is CN(Cc1ccccc1N1CCCC1)C(=O)c1ccc(CN2CCCC2=O)cc1. The van der Waals surface area contributed by atoms with E-state index in [9.17, 15) is 9.59 Å². The van der Waals surface area contributed by atoms with Crippen LogP contribution < -0.4 is 4.90 Å². The first-order chi connectivity index (χ1) is 14.1. The van der Waals surface area contributed by atoms with Crippen molar-refractivity contribution in [1.82, 2.24) is 9.80 Å². The number of rotatable bonds is 6. The van der Waals surface area contributed by atoms with E-state index in [1.807, 2.05) is 42.3 Å². The van der Waals surface area contributed by atoms with Gasteiger partial charge in [0.05, 0.1) is 0 Å². The van der Waals surface area contributed by atoms with E-state index in [1.54, 1.807) is 4.90 Å². The molecule has 2 amide bonds. The molecule has 2 aromatic carbocycles. The standard InChI is InChI=1S/C24H29N3O2/c1-25(18-21-7-2-3-8-22(21)26-14-4-5-15-26)24(29)20-12-10-19(11-13-20)17-27-16-6-9-23(27)28/h2-3,7-8,10-13H,4-6,9,14-18H2,1H3. The van der Waals surface area contributed by atoms with Crippen LogP contribution in [-0.2, 0) is 17.9 Å². The smallest absolute Gasteiger partial charge is 0.253 e. The molecule has 2 aliphatic heterocycles. The van der Waals surface area contributed by atoms with Gasteiger partial charge in [-0.2, -0.15) is 0 Å². The molecule has 5 nitrogen and oxygen atoms in total. The maximum Gasteiger partial charge on any atom is 0.253 e. The second-order valence-corrected chi connectivity index (χ2v) is 8.10. The predicted octanol–water partition coefficient (Wildman–Crippen LogP) is 3.68. The van der Waals surface area contributed by atoms with Crippen molar-refractivity contribution in [3.05, 3.63) is 65.2 Å². The van der Waals surface area contributed by atoms with E-state index in [1.165, 1.54) is 24.1 Å². The summed E-state index contributed by atoms with van der Waals surface area (Å²) in [6.07, 6.45) is 4.07. The predicted molar refractivity (Wildman–Crippen MR) is 115 cm³/mol. The number of carbonyl (C=O) groups is 2. The fourth-order valence-electron chi connectivity index (χ4n) is 4.30. The van der Waals surface area contributed by atoms with Gasteiger partial charge in [0.25, 0.3) is 5.91 Å². The topological polar surface area (TPSA) is 43.9 Å². The highest BCUT2D eigenvalue weighted by molar-refractivity contribution is 5.94. The fraction of sp³-hybridized carbons (Fsp3) is 0.417. The minimum atomic E-state index is 0.0185. The van der Waals surface area contributed by atoms with Crippen molar-refractivity contribution in [3.8, 4) is 0 Å². The number of benzene rings is 2. The Morgan fingerprint density at radius 2 is 1.69 bits per heavy atom. The van der Waals surface area contributed by atoms with Gasteiger partial charge in [0, 0.05) is 57.4 Å². The molecule has 0 unspecified atom stereocenters. The number of likely N-dealkylation sites (tertiary alicyclic amines) is 1. The van der Waals surface area contributed by atoms with Crippen molar-refractivity contribution in [2.75, 3.05) is 31.6 Å². The van der Waals surface area contributed by atoms with Gasteiger partial charge in [0.1, 0.15) is 0 Å². The Bertz CT molecular complexity index is 872. The lowest BCUT2D eigenvalue weighted by Crippen LogP contribution is -2.28. The minimum Gasteiger partial charge on any atom is -0.371 e. The van der Waals surface area contributed by atoms with Gasteiger partial charge >= 0.3 is 0 Å². The molecular formula is C24H29N3O2. The number of hydrogen-bond donors (Lipinski definition) is 0. The largest absolute Gasteiger partial charge is 0.371 e. The molecule has 0 radical (unpaired) electrons. The Kier molecular flexibility index (Phi) is 5.84. The Labute approximate surface area is 172 Å². The van der Waals surface area contributed by atoms with E-state index in [-0.39, 0.29) is 11.8 Å². The minimum absolute atomic E-state index is 0.0185. The van der Waals surface area contributed by atoms with Crippen molar-refractivity contribution < 1.29 is 9.59 Å². The highest BCUT2D eigenvalue weighted by atomic mass is 16.2. The lowest BCUT2D eigenvalue weighted by Gasteiger charge is -2.24. The summed E-state index contributed by atoms with van der Waals surface area (Å²) in [6.45, 7) is 4.24. The zero-order chi connectivity index (χ0) is 20.2. The van der Waals surface area contributed by atoms with Gasteiger partial charge in [-0.3, -0.25) is 9.59 Å². The van der Waals surface area contributed by atoms with Crippen molar-refractivity contribution in [2.24, 2.45) is 0 Å². The molecule has 4 rings (SSSR count). The molecule has 29 heavy (non-hydrogen) atoms. The summed E-state index contributed by atoms with van der Waals surface area (Å²) in [7, 11) is 1.86. The number of para-hydroxylation sites is 1. The molecule has 0 atom stereocenters. The first kappa shape index (κ1) is 19.5. The molecule has 5 heteroatoms. The highest BCUT2D eigenvalue weighted by Crippen LogP contribution is 2.26. The van der Waals surface area contributed by atoms with Crippen molar-refractivity contribution in [1.29, 1.82) is 0 Å². The average molecular weight is 392 g/mol. The summed E-state index contributed by atoms with van der Waals surface area (Å²) in [4.78, 5) is 30.8. The molecule has 152 valence electrons. The first-order valence-corrected chi connectivity index (χ1v) is 10.6. The van der Waals surface area contributed by atoms with Crippen LogP contribution in [0.4, 0.5) is 5.69 Å². The van der Waals surface area contributed by atoms with Crippen molar-refractivity contribution in [2.45, 2.75) is 38.8 Å². The summed E-state index contributed by atoms with van der Waals surface area (Å²) in [5, 5.41) is 0. The zero-order valence-electron chi connectivity index (χ0n) is 17.1. The van der Waals surface area contributed by atoms with Crippen LogP contribution in [0.3, 0.4) is 0 Å². The van der Waals surface area contributed by atoms with Crippen LogP contribution in [0.1, 0.15) is 47.2 Å². The molecule has 2 heterocycles. The Hall–Kier alpha value is -2.82. The summed E-state index contributed by atoms with van der Waals surface area (Å²) in [5.41, 5.74) is 4.19. The summed E-state index contributed by atoms with van der Waals surface area (Å²) >= 11 is 0. The van der Waals surface area contributed by atoms with Gasteiger partial charge < -0.3 is 14.7 Å². The van der Waals surface area contributed by atoms with Crippen LogP contribution in [0.15, 0.2) is 48.5 Å². The summed E-state index contributed by atoms with van der Waals surface area (Å²) < 4.78 is 0. The normalized spacial score (nSPS) is 16.5. The first-order valence-electron chi connectivity index (χ1n) is 10.6. The molecule has 0 bridgehead atoms. The number of hydrogen-bond acceptors (Lipinski definition) is 3. The van der Waals surface area contributed by atoms with Crippen LogP contribution in [0.25, 0.3) is 0 Å². The third-order valence-corrected chi connectivity index (χ3v) is 5.94. The van der Waals surface area contributed by atoms with Crippen LogP contribution in [0.2, 0.25) is 0 Å². The molecule has 2 aromatic rings. The van der Waals surface area contributed by atoms with E-state index in [4.69, 9.17) is 0 Å². The Balaban J connectivity index is 1.41. The monoisotopic (exact) mass is 391 g/mol. The van der Waals surface area contributed by atoms with Gasteiger partial charge in [0.2, 0.25) is 5.91 Å². The lowest BCUT2D eigenvalue weighted by atomic mass is 10.1. The highest BCUT2D eigenvalue weighted by Gasteiger charge is 2.21. The van der Waals surface area contributed by atoms with Crippen LogP contribution in [-0.4, -0.2) is 48.3 Å². The number of nitrogens with zero attached hydrogens (tertiary/aromatic N) is 3. The molecule has 2 fully saturated rings. The molecule has 2 aliphatic rings. The molecule has 0 aliphatic carbocycles. The van der Waals surface area contributed by atoms with E-state index in [2.05, 4.69) is 23.1 Å². The number of amides is 2. The lowest BCUT2D eigenvalue weighted by molar-refractivity contribution is -0.128. The van der Waals surface area contributed by atoms with Gasteiger partial charge in [-0.05, 0) is 48.6 Å². The van der Waals surface area contributed by atoms with Gasteiger partial charge in [-0.1, -0.05) is 30.3 Å². The quantitative estimate of drug-likeness (QED) is 0.754. The fourth-order valence-corrected chi connectivity index (χ4v) is 4.30. The molecule has 0 spiro atoms. The van der Waals surface area contributed by atoms with E-state index in [0.717, 1.165) is 31.6 Å². The molecule has 2 saturated heterocycles. The molecule has 0 saturated carbocycles. The van der Waals surface area contributed by atoms with E-state index < -0.39 is 0 Å². The zero-order valence-corrected chi connectivity index (χ0v) is 17.1. The molecular weight excluding hydrogens is 362 g/mol. The van der Waals surface area contributed by atoms with Crippen LogP contribution >= 0.6 is 0 Å². The van der Waals surface area contributed by atoms with E-state index in [0.29, 0.717) is 25.1 Å². The van der Waals surface area contributed by atoms with Crippen LogP contribution in [0, 0.1) is 0 Å². The van der Waals surface area contributed by atoms with E-state index >= 15 is 0 Å². The maximum atomic E-state index is 12.9. The maximum absolute atomic E-state index is 12.9. The second kappa shape index (κ2) is 8.68. The Morgan fingerprint density at radius 3 is 2.38 bits per heavy atom. The Morgan fingerprint density at radius 1 is 0.966 bits per heavy atom. The van der Waals surface area contributed by atoms with Gasteiger partial charge in [0.15, 0.2) is 0 Å². The summed E-state index contributed by atoms with van der Waals surface area (Å²) in [6, 6.07) is 16.1. The average Bonchev–Trinajstić information content (AvgIpc) is 3.41. The van der Waals surface area contributed by atoms with Gasteiger partial charge in [-0.15, -0.1) is 0 Å². The third-order valence-electron chi connectivity index (χ3n) is 5.94. The van der Waals surface area contributed by atoms with Crippen molar-refractivity contribution >= 4 is 17.5 Å². The second-order valence-electron chi connectivity index (χ2n) is 8.10. The van der Waals surface area contributed by atoms with Gasteiger partial charge in [-0.25, -0.2) is 0 Å². The van der Waals surface area contributed by atoms with Crippen LogP contribution in [0.5, 0.6) is 0 Å². The molecule has 0 aromatic heterocycles. The number of carbonyl (C=O) groups excluding carboxylic acids is 2. The third kappa shape index (κ3) is 4.44. The summed E-state index contributed by atoms with van der Waals surface area (Å²) in [5.74, 6) is 0.242. The molecule has 0 N–H and O–H groups in total. The number of anilines is 1. The van der Waals surface area contributed by atoms with Crippen molar-refractivity contribution in [3.63, 3.8) is 0 Å².